The van der Waals surface area contributed by atoms with Crippen LogP contribution in [-0.2, 0) is 11.2 Å². The molecule has 1 aliphatic heterocycles. The standard InChI is InChI=1S/C26H35FN2O2/c1-26-13-12-19-18-7-5-8-22(27)20(18)10-11-21(19)25(26)17(16-23(26)28-31)6-4-9-24(30)29-14-2-3-15-29/h5,7-8,17,19,21,25,31H,2-4,6,9-16H2,1H3/b28-23+/t17-,19?,21?,25?,26-/m1/s1. The van der Waals surface area contributed by atoms with Gasteiger partial charge in [-0.3, -0.25) is 4.79 Å². The van der Waals surface area contributed by atoms with Gasteiger partial charge in [-0.25, -0.2) is 4.39 Å². The van der Waals surface area contributed by atoms with Gasteiger partial charge in [0.05, 0.1) is 5.71 Å². The normalized spacial score (nSPS) is 35.7. The van der Waals surface area contributed by atoms with Gasteiger partial charge in [-0.15, -0.1) is 0 Å². The van der Waals surface area contributed by atoms with Gasteiger partial charge >= 0.3 is 0 Å². The molecule has 4 nitrogen and oxygen atoms in total. The maximum Gasteiger partial charge on any atom is 0.222 e. The molecule has 3 fully saturated rings. The van der Waals surface area contributed by atoms with Crippen LogP contribution in [-0.4, -0.2) is 34.8 Å². The number of hydrogen-bond acceptors (Lipinski definition) is 3. The molecule has 3 aliphatic carbocycles. The number of nitrogens with zero attached hydrogens (tertiary/aromatic N) is 2. The maximum absolute atomic E-state index is 14.4. The minimum Gasteiger partial charge on any atom is -0.411 e. The van der Waals surface area contributed by atoms with E-state index >= 15 is 0 Å². The number of halogens is 1. The van der Waals surface area contributed by atoms with Gasteiger partial charge in [0.1, 0.15) is 5.82 Å². The summed E-state index contributed by atoms with van der Waals surface area (Å²) >= 11 is 0. The quantitative estimate of drug-likeness (QED) is 0.508. The molecule has 31 heavy (non-hydrogen) atoms. The van der Waals surface area contributed by atoms with Crippen molar-refractivity contribution in [2.75, 3.05) is 13.1 Å². The maximum atomic E-state index is 14.4. The largest absolute Gasteiger partial charge is 0.411 e. The molecule has 0 bridgehead atoms. The highest BCUT2D eigenvalue weighted by atomic mass is 19.1. The third-order valence-corrected chi connectivity index (χ3v) is 9.14. The number of carbonyl (C=O) groups is 1. The van der Waals surface area contributed by atoms with Gasteiger partial charge in [0, 0.05) is 24.9 Å². The second kappa shape index (κ2) is 8.22. The highest BCUT2D eigenvalue weighted by Gasteiger charge is 2.57. The van der Waals surface area contributed by atoms with Gasteiger partial charge in [-0.1, -0.05) is 24.2 Å². The molecule has 1 N–H and O–H groups in total. The number of fused-ring (bicyclic) bond motifs is 5. The predicted octanol–water partition coefficient (Wildman–Crippen LogP) is 5.53. The smallest absolute Gasteiger partial charge is 0.222 e. The molecule has 1 heterocycles. The number of rotatable bonds is 4. The van der Waals surface area contributed by atoms with Crippen LogP contribution < -0.4 is 0 Å². The Balaban J connectivity index is 1.35. The van der Waals surface area contributed by atoms with Crippen molar-refractivity contribution in [1.82, 2.24) is 4.90 Å². The van der Waals surface area contributed by atoms with E-state index in [2.05, 4.69) is 18.1 Å². The fraction of sp³-hybridized carbons (Fsp3) is 0.692. The molecule has 5 rings (SSSR count). The number of likely N-dealkylation sites (tertiary alicyclic amines) is 1. The molecule has 2 saturated carbocycles. The van der Waals surface area contributed by atoms with Gasteiger partial charge in [0.25, 0.3) is 0 Å². The Labute approximate surface area is 184 Å². The Morgan fingerprint density at radius 3 is 2.87 bits per heavy atom. The fourth-order valence-electron chi connectivity index (χ4n) is 7.71. The average molecular weight is 427 g/mol. The molecule has 0 spiro atoms. The Morgan fingerprint density at radius 2 is 2.10 bits per heavy atom. The molecule has 1 amide bonds. The fourth-order valence-corrected chi connectivity index (χ4v) is 7.71. The zero-order valence-electron chi connectivity index (χ0n) is 18.7. The lowest BCUT2D eigenvalue weighted by Gasteiger charge is -2.50. The van der Waals surface area contributed by atoms with Crippen molar-refractivity contribution in [3.8, 4) is 0 Å². The molecule has 3 unspecified atom stereocenters. The third kappa shape index (κ3) is 3.48. The van der Waals surface area contributed by atoms with Crippen LogP contribution in [0.25, 0.3) is 0 Å². The van der Waals surface area contributed by atoms with E-state index in [-0.39, 0.29) is 11.2 Å². The van der Waals surface area contributed by atoms with Gasteiger partial charge < -0.3 is 10.1 Å². The molecule has 5 heteroatoms. The lowest BCUT2D eigenvalue weighted by atomic mass is 9.54. The van der Waals surface area contributed by atoms with Crippen molar-refractivity contribution in [1.29, 1.82) is 0 Å². The Hall–Kier alpha value is -1.91. The summed E-state index contributed by atoms with van der Waals surface area (Å²) in [7, 11) is 0. The second-order valence-electron chi connectivity index (χ2n) is 10.6. The molecular formula is C26H35FN2O2. The van der Waals surface area contributed by atoms with E-state index in [4.69, 9.17) is 0 Å². The summed E-state index contributed by atoms with van der Waals surface area (Å²) in [6.45, 7) is 4.13. The molecule has 4 aliphatic rings. The van der Waals surface area contributed by atoms with E-state index in [0.717, 1.165) is 82.2 Å². The van der Waals surface area contributed by atoms with E-state index in [1.54, 1.807) is 6.07 Å². The SMILES string of the molecule is C[C@]12CCC3c4cccc(F)c4CCC3C1[C@H](CCCC(=O)N1CCCC1)C/C2=N\O. The van der Waals surface area contributed by atoms with Crippen molar-refractivity contribution < 1.29 is 14.4 Å². The molecule has 1 aromatic carbocycles. The topological polar surface area (TPSA) is 52.9 Å². The van der Waals surface area contributed by atoms with Crippen LogP contribution in [0, 0.1) is 29.0 Å². The van der Waals surface area contributed by atoms with Gasteiger partial charge in [-0.05, 0) is 98.7 Å². The summed E-state index contributed by atoms with van der Waals surface area (Å²) < 4.78 is 14.4. The summed E-state index contributed by atoms with van der Waals surface area (Å²) in [6.07, 6.45) is 9.52. The zero-order valence-corrected chi connectivity index (χ0v) is 18.7. The predicted molar refractivity (Wildman–Crippen MR) is 119 cm³/mol. The van der Waals surface area contributed by atoms with Crippen LogP contribution in [0.1, 0.15) is 81.8 Å². The molecule has 0 radical (unpaired) electrons. The van der Waals surface area contributed by atoms with Crippen LogP contribution in [0.3, 0.4) is 0 Å². The van der Waals surface area contributed by atoms with Crippen LogP contribution in [0.2, 0.25) is 0 Å². The van der Waals surface area contributed by atoms with E-state index in [1.807, 2.05) is 11.0 Å². The number of hydrogen-bond donors (Lipinski definition) is 1. The van der Waals surface area contributed by atoms with Crippen molar-refractivity contribution in [2.24, 2.45) is 28.3 Å². The highest BCUT2D eigenvalue weighted by molar-refractivity contribution is 5.92. The molecule has 168 valence electrons. The number of amides is 1. The van der Waals surface area contributed by atoms with E-state index < -0.39 is 0 Å². The number of benzene rings is 1. The molecule has 1 saturated heterocycles. The summed E-state index contributed by atoms with van der Waals surface area (Å²) in [5.41, 5.74) is 3.03. The van der Waals surface area contributed by atoms with Crippen LogP contribution >= 0.6 is 0 Å². The van der Waals surface area contributed by atoms with E-state index in [9.17, 15) is 14.4 Å². The molecular weight excluding hydrogens is 391 g/mol. The molecule has 5 atom stereocenters. The Kier molecular flexibility index (Phi) is 5.56. The first kappa shape index (κ1) is 21.0. The van der Waals surface area contributed by atoms with Crippen molar-refractivity contribution in [3.05, 3.63) is 35.1 Å². The van der Waals surface area contributed by atoms with Gasteiger partial charge in [0.15, 0.2) is 0 Å². The third-order valence-electron chi connectivity index (χ3n) is 9.14. The van der Waals surface area contributed by atoms with Gasteiger partial charge in [0.2, 0.25) is 5.91 Å². The molecule has 1 aromatic rings. The minimum absolute atomic E-state index is 0.0507. The van der Waals surface area contributed by atoms with E-state index in [1.165, 1.54) is 5.56 Å². The molecule has 0 aromatic heterocycles. The second-order valence-corrected chi connectivity index (χ2v) is 10.6. The highest BCUT2D eigenvalue weighted by Crippen LogP contribution is 2.62. The average Bonchev–Trinajstić information content (AvgIpc) is 3.40. The lowest BCUT2D eigenvalue weighted by Crippen LogP contribution is -2.44. The minimum atomic E-state index is -0.0651. The summed E-state index contributed by atoms with van der Waals surface area (Å²) in [6, 6.07) is 5.59. The first-order valence-corrected chi connectivity index (χ1v) is 12.3. The Morgan fingerprint density at radius 1 is 1.29 bits per heavy atom. The van der Waals surface area contributed by atoms with E-state index in [0.29, 0.717) is 36.0 Å². The van der Waals surface area contributed by atoms with Crippen molar-refractivity contribution in [2.45, 2.75) is 77.0 Å². The summed E-state index contributed by atoms with van der Waals surface area (Å²) in [4.78, 5) is 14.5. The number of carbonyl (C=O) groups excluding carboxylic acids is 1. The van der Waals surface area contributed by atoms with Gasteiger partial charge in [-0.2, -0.15) is 0 Å². The summed E-state index contributed by atoms with van der Waals surface area (Å²) in [5, 5.41) is 13.6. The van der Waals surface area contributed by atoms with Crippen molar-refractivity contribution in [3.63, 3.8) is 0 Å². The van der Waals surface area contributed by atoms with Crippen molar-refractivity contribution >= 4 is 11.6 Å². The lowest BCUT2D eigenvalue weighted by molar-refractivity contribution is -0.130. The number of oxime groups is 1. The van der Waals surface area contributed by atoms with Crippen LogP contribution in [0.4, 0.5) is 4.39 Å². The monoisotopic (exact) mass is 426 g/mol. The van der Waals surface area contributed by atoms with Crippen LogP contribution in [0.5, 0.6) is 0 Å². The summed E-state index contributed by atoms with van der Waals surface area (Å²) in [5.74, 6) is 2.07. The van der Waals surface area contributed by atoms with Crippen LogP contribution in [0.15, 0.2) is 23.4 Å². The first-order valence-electron chi connectivity index (χ1n) is 12.3. The zero-order chi connectivity index (χ0) is 21.6. The Bertz CT molecular complexity index is 878. The first-order chi connectivity index (χ1) is 15.0.